The zero-order valence-corrected chi connectivity index (χ0v) is 14.6. The molecule has 0 aliphatic rings. The van der Waals surface area contributed by atoms with Crippen molar-refractivity contribution in [2.75, 3.05) is 0 Å². The third kappa shape index (κ3) is 2.90. The molecule has 26 heavy (non-hydrogen) atoms. The van der Waals surface area contributed by atoms with E-state index in [2.05, 4.69) is 24.9 Å². The summed E-state index contributed by atoms with van der Waals surface area (Å²) in [5.41, 5.74) is 1.93. The average molecular weight is 388 g/mol. The van der Waals surface area contributed by atoms with Crippen LogP contribution in [-0.2, 0) is 10.0 Å². The molecule has 0 saturated carbocycles. The number of nitrogens with zero attached hydrogens (tertiary/aromatic N) is 6. The van der Waals surface area contributed by atoms with E-state index in [1.165, 1.54) is 18.6 Å². The highest BCUT2D eigenvalue weighted by Gasteiger charge is 2.12. The van der Waals surface area contributed by atoms with Crippen molar-refractivity contribution in [3.8, 4) is 17.1 Å². The van der Waals surface area contributed by atoms with Gasteiger partial charge in [0.05, 0.1) is 5.39 Å². The number of halogens is 1. The zero-order chi connectivity index (χ0) is 18.3. The van der Waals surface area contributed by atoms with Crippen LogP contribution >= 0.6 is 11.6 Å². The molecular weight excluding hydrogens is 378 g/mol. The van der Waals surface area contributed by atoms with Crippen LogP contribution in [0.25, 0.3) is 28.1 Å². The maximum Gasteiger partial charge on any atom is 0.255 e. The van der Waals surface area contributed by atoms with Gasteiger partial charge in [0, 0.05) is 35.9 Å². The van der Waals surface area contributed by atoms with Crippen LogP contribution in [0.15, 0.2) is 54.3 Å². The largest absolute Gasteiger partial charge is 0.269 e. The van der Waals surface area contributed by atoms with E-state index in [1.807, 2.05) is 0 Å². The number of sulfonamides is 1. The zero-order valence-electron chi connectivity index (χ0n) is 13.0. The van der Waals surface area contributed by atoms with Gasteiger partial charge in [-0.1, -0.05) is 11.6 Å². The number of pyridine rings is 1. The molecule has 0 bridgehead atoms. The lowest BCUT2D eigenvalue weighted by Crippen LogP contribution is -2.13. The van der Waals surface area contributed by atoms with Crippen molar-refractivity contribution >= 4 is 32.7 Å². The Bertz CT molecular complexity index is 1210. The molecule has 0 atom stereocenters. The molecule has 4 heterocycles. The number of nitrogens with two attached hydrogens (primary N) is 1. The third-order valence-electron chi connectivity index (χ3n) is 3.65. The lowest BCUT2D eigenvalue weighted by atomic mass is 10.2. The molecule has 4 aromatic heterocycles. The summed E-state index contributed by atoms with van der Waals surface area (Å²) in [6.07, 6.45) is 7.72. The van der Waals surface area contributed by atoms with Gasteiger partial charge in [0.15, 0.2) is 10.7 Å². The molecule has 130 valence electrons. The quantitative estimate of drug-likeness (QED) is 0.528. The summed E-state index contributed by atoms with van der Waals surface area (Å²) >= 11 is 6.04. The fourth-order valence-electron chi connectivity index (χ4n) is 2.40. The van der Waals surface area contributed by atoms with E-state index in [0.29, 0.717) is 33.3 Å². The lowest BCUT2D eigenvalue weighted by molar-refractivity contribution is 0.594. The fourth-order valence-corrected chi connectivity index (χ4v) is 3.04. The van der Waals surface area contributed by atoms with Gasteiger partial charge >= 0.3 is 0 Å². The van der Waals surface area contributed by atoms with Gasteiger partial charge in [-0.3, -0.25) is 4.57 Å². The van der Waals surface area contributed by atoms with Crippen LogP contribution in [0.3, 0.4) is 0 Å². The molecule has 0 aliphatic carbocycles. The van der Waals surface area contributed by atoms with Crippen molar-refractivity contribution in [3.05, 3.63) is 54.5 Å². The molecule has 0 aromatic carbocycles. The molecule has 0 radical (unpaired) electrons. The molecule has 4 rings (SSSR count). The maximum atomic E-state index is 11.3. The van der Waals surface area contributed by atoms with Crippen molar-refractivity contribution in [1.29, 1.82) is 0 Å². The summed E-state index contributed by atoms with van der Waals surface area (Å²) in [5, 5.41) is 5.89. The Labute approximate surface area is 152 Å². The van der Waals surface area contributed by atoms with E-state index >= 15 is 0 Å². The van der Waals surface area contributed by atoms with Gasteiger partial charge in [-0.25, -0.2) is 38.5 Å². The first-order valence-electron chi connectivity index (χ1n) is 7.23. The Kier molecular flexibility index (Phi) is 3.87. The van der Waals surface area contributed by atoms with Crippen molar-refractivity contribution < 1.29 is 8.42 Å². The third-order valence-corrected chi connectivity index (χ3v) is 4.77. The monoisotopic (exact) mass is 387 g/mol. The smallest absolute Gasteiger partial charge is 0.255 e. The molecule has 0 aliphatic heterocycles. The number of fused-ring (bicyclic) bond motifs is 1. The summed E-state index contributed by atoms with van der Waals surface area (Å²) in [6.45, 7) is 0. The number of primary sulfonamides is 1. The topological polar surface area (TPSA) is 130 Å². The van der Waals surface area contributed by atoms with E-state index in [9.17, 15) is 8.42 Å². The van der Waals surface area contributed by atoms with Gasteiger partial charge in [-0.2, -0.15) is 0 Å². The van der Waals surface area contributed by atoms with E-state index in [0.717, 1.165) is 0 Å². The van der Waals surface area contributed by atoms with Crippen molar-refractivity contribution in [3.63, 3.8) is 0 Å². The predicted molar refractivity (Wildman–Crippen MR) is 94.1 cm³/mol. The first-order valence-corrected chi connectivity index (χ1v) is 9.15. The van der Waals surface area contributed by atoms with Gasteiger partial charge in [0.25, 0.3) is 10.0 Å². The van der Waals surface area contributed by atoms with Crippen LogP contribution in [0.5, 0.6) is 0 Å². The van der Waals surface area contributed by atoms with E-state index in [4.69, 9.17) is 16.7 Å². The van der Waals surface area contributed by atoms with E-state index in [1.54, 1.807) is 35.3 Å². The maximum absolute atomic E-state index is 11.3. The molecule has 0 fully saturated rings. The Morgan fingerprint density at radius 1 is 0.923 bits per heavy atom. The standard InChI is InChI=1S/C15H10ClN7O2S/c16-13-11-3-4-23(14(11)22-8-21-13)15-19-6-10(7-20-15)9-1-2-12(18-5-9)26(17,24)25/h1-8H,(H2,17,24,25). The first kappa shape index (κ1) is 16.5. The lowest BCUT2D eigenvalue weighted by Gasteiger charge is -2.05. The molecule has 11 heteroatoms. The second kappa shape index (κ2) is 6.09. The molecule has 0 saturated heterocycles. The van der Waals surface area contributed by atoms with Crippen LogP contribution < -0.4 is 5.14 Å². The van der Waals surface area contributed by atoms with Crippen LogP contribution in [0.1, 0.15) is 0 Å². The summed E-state index contributed by atoms with van der Waals surface area (Å²) in [6, 6.07) is 4.70. The Balaban J connectivity index is 1.69. The highest BCUT2D eigenvalue weighted by Crippen LogP contribution is 2.23. The summed E-state index contributed by atoms with van der Waals surface area (Å²) in [7, 11) is -3.83. The summed E-state index contributed by atoms with van der Waals surface area (Å²) in [5.74, 6) is 0.410. The van der Waals surface area contributed by atoms with Crippen molar-refractivity contribution in [2.45, 2.75) is 5.03 Å². The molecular formula is C15H10ClN7O2S. The molecule has 9 nitrogen and oxygen atoms in total. The molecule has 0 spiro atoms. The van der Waals surface area contributed by atoms with Crippen LogP contribution in [-0.4, -0.2) is 37.9 Å². The predicted octanol–water partition coefficient (Wildman–Crippen LogP) is 1.57. The number of hydrogen-bond acceptors (Lipinski definition) is 7. The minimum absolute atomic E-state index is 0.200. The minimum Gasteiger partial charge on any atom is -0.269 e. The Morgan fingerprint density at radius 2 is 1.65 bits per heavy atom. The highest BCUT2D eigenvalue weighted by molar-refractivity contribution is 7.89. The number of rotatable bonds is 3. The Morgan fingerprint density at radius 3 is 2.31 bits per heavy atom. The van der Waals surface area contributed by atoms with Gasteiger partial charge in [0.2, 0.25) is 5.95 Å². The highest BCUT2D eigenvalue weighted by atomic mass is 35.5. The number of aromatic nitrogens is 6. The van der Waals surface area contributed by atoms with Crippen molar-refractivity contribution in [2.24, 2.45) is 5.14 Å². The molecule has 2 N–H and O–H groups in total. The fraction of sp³-hybridized carbons (Fsp3) is 0. The minimum atomic E-state index is -3.83. The summed E-state index contributed by atoms with van der Waals surface area (Å²) < 4.78 is 24.2. The van der Waals surface area contributed by atoms with Crippen LogP contribution in [0.4, 0.5) is 0 Å². The van der Waals surface area contributed by atoms with Gasteiger partial charge in [-0.15, -0.1) is 0 Å². The van der Waals surface area contributed by atoms with Gasteiger partial charge in [0.1, 0.15) is 11.5 Å². The van der Waals surface area contributed by atoms with Gasteiger partial charge in [-0.05, 0) is 18.2 Å². The van der Waals surface area contributed by atoms with Crippen LogP contribution in [0, 0.1) is 0 Å². The Hall–Kier alpha value is -2.95. The molecule has 0 unspecified atom stereocenters. The second-order valence-electron chi connectivity index (χ2n) is 5.29. The average Bonchev–Trinajstić information content (AvgIpc) is 3.07. The first-order chi connectivity index (χ1) is 12.4. The second-order valence-corrected chi connectivity index (χ2v) is 7.16. The van der Waals surface area contributed by atoms with E-state index < -0.39 is 10.0 Å². The van der Waals surface area contributed by atoms with Crippen molar-refractivity contribution in [1.82, 2.24) is 29.5 Å². The molecule has 0 amide bonds. The summed E-state index contributed by atoms with van der Waals surface area (Å²) in [4.78, 5) is 20.6. The number of hydrogen-bond donors (Lipinski definition) is 1. The SMILES string of the molecule is NS(=O)(=O)c1ccc(-c2cnc(-n3ccc4c(Cl)ncnc43)nc2)cn1. The van der Waals surface area contributed by atoms with Gasteiger partial charge < -0.3 is 0 Å². The molecule has 4 aromatic rings. The van der Waals surface area contributed by atoms with E-state index in [-0.39, 0.29) is 5.03 Å². The normalized spacial score (nSPS) is 11.8. The van der Waals surface area contributed by atoms with Crippen LogP contribution in [0.2, 0.25) is 5.15 Å².